The minimum absolute atomic E-state index is 0.242. The van der Waals surface area contributed by atoms with Gasteiger partial charge in [-0.2, -0.15) is 0 Å². The van der Waals surface area contributed by atoms with Crippen molar-refractivity contribution >= 4 is 23.4 Å². The summed E-state index contributed by atoms with van der Waals surface area (Å²) in [6.07, 6.45) is -0.242. The van der Waals surface area contributed by atoms with E-state index in [4.69, 9.17) is 11.6 Å². The standard InChI is InChI=1S/C10H9ClO3/c11-8(10(13)14)6-9(12)7-4-2-1-3-5-7/h1-5,8H,6H2,(H,13,14)/p-1. The van der Waals surface area contributed by atoms with Crippen LogP contribution in [0.2, 0.25) is 0 Å². The van der Waals surface area contributed by atoms with E-state index in [0.29, 0.717) is 5.56 Å². The Morgan fingerprint density at radius 3 is 2.36 bits per heavy atom. The number of ketones is 1. The Hall–Kier alpha value is -1.35. The Kier molecular flexibility index (Phi) is 3.65. The van der Waals surface area contributed by atoms with Gasteiger partial charge in [-0.3, -0.25) is 4.79 Å². The number of hydrogen-bond donors (Lipinski definition) is 0. The highest BCUT2D eigenvalue weighted by molar-refractivity contribution is 6.30. The molecule has 0 amide bonds. The van der Waals surface area contributed by atoms with Crippen molar-refractivity contribution in [2.75, 3.05) is 0 Å². The molecule has 0 N–H and O–H groups in total. The Labute approximate surface area is 86.3 Å². The van der Waals surface area contributed by atoms with Crippen LogP contribution in [-0.4, -0.2) is 17.1 Å². The summed E-state index contributed by atoms with van der Waals surface area (Å²) >= 11 is 5.38. The molecule has 0 aromatic heterocycles. The molecule has 0 aliphatic carbocycles. The van der Waals surface area contributed by atoms with E-state index in [0.717, 1.165) is 0 Å². The van der Waals surface area contributed by atoms with Gasteiger partial charge >= 0.3 is 0 Å². The zero-order chi connectivity index (χ0) is 10.6. The van der Waals surface area contributed by atoms with Crippen molar-refractivity contribution in [2.24, 2.45) is 0 Å². The molecule has 0 saturated carbocycles. The van der Waals surface area contributed by atoms with Crippen molar-refractivity contribution in [2.45, 2.75) is 11.8 Å². The fraction of sp³-hybridized carbons (Fsp3) is 0.200. The van der Waals surface area contributed by atoms with Crippen LogP contribution in [0.3, 0.4) is 0 Å². The molecule has 0 radical (unpaired) electrons. The molecule has 1 aromatic carbocycles. The summed E-state index contributed by atoms with van der Waals surface area (Å²) in [6.45, 7) is 0. The first-order valence-corrected chi connectivity index (χ1v) is 4.48. The van der Waals surface area contributed by atoms with E-state index in [1.165, 1.54) is 0 Å². The molecular formula is C10H8ClO3-. The summed E-state index contributed by atoms with van der Waals surface area (Å²) < 4.78 is 0. The average Bonchev–Trinajstić information content (AvgIpc) is 2.19. The van der Waals surface area contributed by atoms with Crippen LogP contribution in [0.1, 0.15) is 16.8 Å². The van der Waals surface area contributed by atoms with Crippen LogP contribution in [0.15, 0.2) is 30.3 Å². The number of carbonyl (C=O) groups excluding carboxylic acids is 2. The van der Waals surface area contributed by atoms with Gasteiger partial charge in [0.2, 0.25) is 0 Å². The number of carboxylic acid groups (broad SMARTS) is 1. The summed E-state index contributed by atoms with van der Waals surface area (Å²) in [5.74, 6) is -1.72. The third-order valence-electron chi connectivity index (χ3n) is 1.72. The third-order valence-corrected chi connectivity index (χ3v) is 2.05. The minimum Gasteiger partial charge on any atom is -0.549 e. The molecule has 4 heteroatoms. The molecule has 0 saturated heterocycles. The predicted molar refractivity (Wildman–Crippen MR) is 50.0 cm³/mol. The van der Waals surface area contributed by atoms with Gasteiger partial charge in [-0.15, -0.1) is 11.6 Å². The zero-order valence-corrected chi connectivity index (χ0v) is 8.03. The highest BCUT2D eigenvalue weighted by Gasteiger charge is 2.12. The summed E-state index contributed by atoms with van der Waals surface area (Å²) in [5.41, 5.74) is 0.458. The Bertz CT molecular complexity index is 334. The van der Waals surface area contributed by atoms with Crippen molar-refractivity contribution in [1.29, 1.82) is 0 Å². The summed E-state index contributed by atoms with van der Waals surface area (Å²) in [7, 11) is 0. The minimum atomic E-state index is -1.42. The van der Waals surface area contributed by atoms with Crippen LogP contribution in [0.4, 0.5) is 0 Å². The van der Waals surface area contributed by atoms with Gasteiger partial charge in [-0.05, 0) is 0 Å². The number of aliphatic carboxylic acids is 1. The first-order valence-electron chi connectivity index (χ1n) is 4.04. The number of Topliss-reactive ketones (excluding diaryl/α,β-unsaturated/α-hetero) is 1. The van der Waals surface area contributed by atoms with Gasteiger partial charge in [-0.25, -0.2) is 0 Å². The number of rotatable bonds is 4. The molecule has 0 bridgehead atoms. The molecular weight excluding hydrogens is 204 g/mol. The smallest absolute Gasteiger partial charge is 0.164 e. The second-order valence-electron chi connectivity index (χ2n) is 2.78. The normalized spacial score (nSPS) is 12.1. The van der Waals surface area contributed by atoms with Gasteiger partial charge in [0.15, 0.2) is 5.78 Å². The number of carboxylic acids is 1. The number of benzene rings is 1. The van der Waals surface area contributed by atoms with E-state index in [9.17, 15) is 14.7 Å². The number of carbonyl (C=O) groups is 2. The van der Waals surface area contributed by atoms with Gasteiger partial charge in [0.25, 0.3) is 0 Å². The molecule has 0 fully saturated rings. The summed E-state index contributed by atoms with van der Waals surface area (Å²) in [4.78, 5) is 21.7. The second-order valence-corrected chi connectivity index (χ2v) is 3.31. The van der Waals surface area contributed by atoms with E-state index in [1.54, 1.807) is 30.3 Å². The van der Waals surface area contributed by atoms with Gasteiger partial charge in [0, 0.05) is 12.0 Å². The molecule has 1 rings (SSSR count). The second kappa shape index (κ2) is 4.77. The molecule has 1 unspecified atom stereocenters. The van der Waals surface area contributed by atoms with Crippen LogP contribution >= 0.6 is 11.6 Å². The lowest BCUT2D eigenvalue weighted by molar-refractivity contribution is -0.304. The maximum Gasteiger partial charge on any atom is 0.164 e. The molecule has 1 atom stereocenters. The highest BCUT2D eigenvalue weighted by atomic mass is 35.5. The molecule has 1 aromatic rings. The Morgan fingerprint density at radius 1 is 1.29 bits per heavy atom. The summed E-state index contributed by atoms with van der Waals surface area (Å²) in [6, 6.07) is 8.40. The van der Waals surface area contributed by atoms with Crippen molar-refractivity contribution in [1.82, 2.24) is 0 Å². The molecule has 0 aliphatic rings. The fourth-order valence-corrected chi connectivity index (χ4v) is 1.13. The topological polar surface area (TPSA) is 57.2 Å². The Morgan fingerprint density at radius 2 is 1.86 bits per heavy atom. The first kappa shape index (κ1) is 10.7. The first-order chi connectivity index (χ1) is 6.61. The zero-order valence-electron chi connectivity index (χ0n) is 7.27. The largest absolute Gasteiger partial charge is 0.549 e. The summed E-state index contributed by atoms with van der Waals surface area (Å²) in [5, 5.41) is 9.01. The quantitative estimate of drug-likeness (QED) is 0.542. The van der Waals surface area contributed by atoms with E-state index in [2.05, 4.69) is 0 Å². The van der Waals surface area contributed by atoms with Crippen molar-refractivity contribution in [3.05, 3.63) is 35.9 Å². The third kappa shape index (κ3) is 2.85. The van der Waals surface area contributed by atoms with Gasteiger partial charge in [0.05, 0.1) is 11.3 Å². The van der Waals surface area contributed by atoms with Crippen molar-refractivity contribution in [3.63, 3.8) is 0 Å². The molecule has 14 heavy (non-hydrogen) atoms. The maximum absolute atomic E-state index is 11.4. The van der Waals surface area contributed by atoms with E-state index in [1.807, 2.05) is 0 Å². The maximum atomic E-state index is 11.4. The van der Waals surface area contributed by atoms with E-state index in [-0.39, 0.29) is 12.2 Å². The van der Waals surface area contributed by atoms with Gasteiger partial charge in [0.1, 0.15) is 0 Å². The van der Waals surface area contributed by atoms with Crippen LogP contribution in [0, 0.1) is 0 Å². The van der Waals surface area contributed by atoms with Crippen LogP contribution in [0.25, 0.3) is 0 Å². The number of hydrogen-bond acceptors (Lipinski definition) is 3. The lowest BCUT2D eigenvalue weighted by Crippen LogP contribution is -2.33. The molecule has 3 nitrogen and oxygen atoms in total. The molecule has 0 aliphatic heterocycles. The fourth-order valence-electron chi connectivity index (χ4n) is 0.988. The number of halogens is 1. The predicted octanol–water partition coefficient (Wildman–Crippen LogP) is 0.617. The van der Waals surface area contributed by atoms with Crippen molar-refractivity contribution < 1.29 is 14.7 Å². The monoisotopic (exact) mass is 211 g/mol. The molecule has 74 valence electrons. The van der Waals surface area contributed by atoms with Gasteiger partial charge < -0.3 is 9.90 Å². The van der Waals surface area contributed by atoms with Crippen LogP contribution < -0.4 is 5.11 Å². The van der Waals surface area contributed by atoms with Crippen LogP contribution in [0.5, 0.6) is 0 Å². The lowest BCUT2D eigenvalue weighted by Gasteiger charge is -2.08. The van der Waals surface area contributed by atoms with E-state index >= 15 is 0 Å². The average molecular weight is 212 g/mol. The lowest BCUT2D eigenvalue weighted by atomic mass is 10.1. The number of alkyl halides is 1. The SMILES string of the molecule is O=C(CC(Cl)C(=O)[O-])c1ccccc1. The van der Waals surface area contributed by atoms with Crippen LogP contribution in [-0.2, 0) is 4.79 Å². The van der Waals surface area contributed by atoms with Crippen molar-refractivity contribution in [3.8, 4) is 0 Å². The molecule has 0 heterocycles. The Balaban J connectivity index is 2.64. The molecule has 0 spiro atoms. The highest BCUT2D eigenvalue weighted by Crippen LogP contribution is 2.08. The van der Waals surface area contributed by atoms with E-state index < -0.39 is 11.3 Å². The van der Waals surface area contributed by atoms with Gasteiger partial charge in [-0.1, -0.05) is 30.3 Å².